The van der Waals surface area contributed by atoms with Crippen molar-refractivity contribution in [3.8, 4) is 0 Å². The number of aryl methyl sites for hydroxylation is 2. The number of esters is 1. The summed E-state index contributed by atoms with van der Waals surface area (Å²) in [6.45, 7) is 9.92. The van der Waals surface area contributed by atoms with Gasteiger partial charge in [-0.25, -0.2) is 14.2 Å². The second kappa shape index (κ2) is 8.74. The van der Waals surface area contributed by atoms with Gasteiger partial charge in [-0.1, -0.05) is 27.2 Å². The van der Waals surface area contributed by atoms with Gasteiger partial charge in [-0.3, -0.25) is 4.98 Å². The largest absolute Gasteiger partial charge is 0.462 e. The summed E-state index contributed by atoms with van der Waals surface area (Å²) in [5.41, 5.74) is 2.52. The third kappa shape index (κ3) is 4.68. The van der Waals surface area contributed by atoms with Crippen LogP contribution in [0.4, 0.5) is 10.1 Å². The molecule has 0 fully saturated rings. The van der Waals surface area contributed by atoms with Crippen LogP contribution in [0.25, 0.3) is 0 Å². The van der Waals surface area contributed by atoms with Gasteiger partial charge in [0, 0.05) is 12.1 Å². The molecule has 1 atom stereocenters. The van der Waals surface area contributed by atoms with E-state index in [-0.39, 0.29) is 11.9 Å². The van der Waals surface area contributed by atoms with E-state index in [0.717, 1.165) is 29.8 Å². The lowest BCUT2D eigenvalue weighted by Gasteiger charge is -2.34. The van der Waals surface area contributed by atoms with Gasteiger partial charge in [0.05, 0.1) is 18.0 Å². The highest BCUT2D eigenvalue weighted by molar-refractivity contribution is 6.37. The van der Waals surface area contributed by atoms with Crippen molar-refractivity contribution in [2.24, 2.45) is 10.9 Å². The summed E-state index contributed by atoms with van der Waals surface area (Å²) in [5, 5.41) is 0. The zero-order valence-corrected chi connectivity index (χ0v) is 16.7. The first kappa shape index (κ1) is 20.5. The average molecular weight is 362 g/mol. The summed E-state index contributed by atoms with van der Waals surface area (Å²) in [6.07, 6.45) is 3.94. The van der Waals surface area contributed by atoms with Crippen molar-refractivity contribution in [1.82, 2.24) is 4.98 Å². The van der Waals surface area contributed by atoms with Crippen LogP contribution in [-0.2, 0) is 22.4 Å². The summed E-state index contributed by atoms with van der Waals surface area (Å²) < 4.78 is 20.3. The number of aromatic nitrogens is 1. The highest BCUT2D eigenvalue weighted by Crippen LogP contribution is 2.38. The molecular formula is C21H31FN2O2. The van der Waals surface area contributed by atoms with Crippen molar-refractivity contribution in [2.45, 2.75) is 78.8 Å². The molecule has 2 rings (SSSR count). The molecule has 0 saturated heterocycles. The monoisotopic (exact) mass is 362 g/mol. The minimum atomic E-state index is -1.20. The number of alkyl halides is 1. The molecule has 1 aromatic heterocycles. The zero-order valence-electron chi connectivity index (χ0n) is 16.7. The molecule has 0 N–H and O–H groups in total. The van der Waals surface area contributed by atoms with Crippen LogP contribution in [0.1, 0.15) is 70.3 Å². The van der Waals surface area contributed by atoms with Crippen LogP contribution in [-0.4, -0.2) is 28.9 Å². The van der Waals surface area contributed by atoms with Crippen LogP contribution >= 0.6 is 0 Å². The predicted octanol–water partition coefficient (Wildman–Crippen LogP) is 5.07. The maximum atomic E-state index is 15.1. The molecule has 1 heterocycles. The molecule has 0 radical (unpaired) electrons. The SMILES string of the molecule is CCCCC(=Nc1cc2c(nc1C)CCC(F)(C(C)C)C2)C(=O)OCC. The number of fused-ring (bicyclic) bond motifs is 1. The molecule has 144 valence electrons. The van der Waals surface area contributed by atoms with Crippen molar-refractivity contribution in [2.75, 3.05) is 6.61 Å². The van der Waals surface area contributed by atoms with E-state index >= 15 is 4.39 Å². The molecule has 0 bridgehead atoms. The van der Waals surface area contributed by atoms with E-state index in [1.165, 1.54) is 0 Å². The Hall–Kier alpha value is -1.78. The van der Waals surface area contributed by atoms with Crippen LogP contribution in [0.3, 0.4) is 0 Å². The Morgan fingerprint density at radius 1 is 1.42 bits per heavy atom. The third-order valence-electron chi connectivity index (χ3n) is 5.19. The first-order valence-electron chi connectivity index (χ1n) is 9.73. The van der Waals surface area contributed by atoms with Crippen LogP contribution in [0, 0.1) is 12.8 Å². The first-order chi connectivity index (χ1) is 12.3. The number of ether oxygens (including phenoxy) is 1. The zero-order chi connectivity index (χ0) is 19.3. The summed E-state index contributed by atoms with van der Waals surface area (Å²) >= 11 is 0. The second-order valence-electron chi connectivity index (χ2n) is 7.45. The molecule has 0 aromatic carbocycles. The Morgan fingerprint density at radius 2 is 2.15 bits per heavy atom. The number of aliphatic imine (C=N–C) groups is 1. The van der Waals surface area contributed by atoms with E-state index in [4.69, 9.17) is 4.74 Å². The van der Waals surface area contributed by atoms with E-state index in [1.54, 1.807) is 6.92 Å². The van der Waals surface area contributed by atoms with E-state index < -0.39 is 5.67 Å². The fourth-order valence-corrected chi connectivity index (χ4v) is 3.30. The molecular weight excluding hydrogens is 331 g/mol. The topological polar surface area (TPSA) is 51.5 Å². The molecule has 26 heavy (non-hydrogen) atoms. The number of hydrogen-bond donors (Lipinski definition) is 0. The molecule has 1 aliphatic carbocycles. The Kier molecular flexibility index (Phi) is 6.90. The number of rotatable bonds is 7. The molecule has 0 saturated carbocycles. The number of carbonyl (C=O) groups is 1. The highest BCUT2D eigenvalue weighted by Gasteiger charge is 2.38. The molecule has 1 unspecified atom stereocenters. The van der Waals surface area contributed by atoms with Crippen LogP contribution in [0.5, 0.6) is 0 Å². The normalized spacial score (nSPS) is 20.2. The van der Waals surface area contributed by atoms with Gasteiger partial charge in [0.15, 0.2) is 0 Å². The number of pyridine rings is 1. The van der Waals surface area contributed by atoms with Crippen molar-refractivity contribution < 1.29 is 13.9 Å². The number of unbranched alkanes of at least 4 members (excludes halogenated alkanes) is 1. The number of hydrogen-bond acceptors (Lipinski definition) is 4. The Balaban J connectivity index is 2.38. The van der Waals surface area contributed by atoms with Crippen molar-refractivity contribution >= 4 is 17.4 Å². The van der Waals surface area contributed by atoms with Crippen LogP contribution in [0.15, 0.2) is 11.1 Å². The maximum absolute atomic E-state index is 15.1. The lowest BCUT2D eigenvalue weighted by atomic mass is 9.77. The minimum absolute atomic E-state index is 0.0384. The minimum Gasteiger partial charge on any atom is -0.462 e. The fraction of sp³-hybridized carbons (Fsp3) is 0.667. The second-order valence-corrected chi connectivity index (χ2v) is 7.45. The van der Waals surface area contributed by atoms with Gasteiger partial charge in [0.1, 0.15) is 11.4 Å². The van der Waals surface area contributed by atoms with E-state index in [2.05, 4.69) is 16.9 Å². The quantitative estimate of drug-likeness (QED) is 0.503. The van der Waals surface area contributed by atoms with Gasteiger partial charge in [0.2, 0.25) is 0 Å². The number of halogens is 1. The lowest BCUT2D eigenvalue weighted by molar-refractivity contribution is -0.135. The molecule has 1 aromatic rings. The lowest BCUT2D eigenvalue weighted by Crippen LogP contribution is -2.36. The van der Waals surface area contributed by atoms with Crippen LogP contribution < -0.4 is 0 Å². The van der Waals surface area contributed by atoms with Gasteiger partial charge in [-0.2, -0.15) is 0 Å². The fourth-order valence-electron chi connectivity index (χ4n) is 3.30. The first-order valence-corrected chi connectivity index (χ1v) is 9.73. The Labute approximate surface area is 156 Å². The van der Waals surface area contributed by atoms with Crippen LogP contribution in [0.2, 0.25) is 0 Å². The predicted molar refractivity (Wildman–Crippen MR) is 103 cm³/mol. The van der Waals surface area contributed by atoms with Crippen molar-refractivity contribution in [3.63, 3.8) is 0 Å². The van der Waals surface area contributed by atoms with E-state index in [1.807, 2.05) is 26.8 Å². The van der Waals surface area contributed by atoms with Gasteiger partial charge < -0.3 is 4.74 Å². The number of nitrogens with zero attached hydrogens (tertiary/aromatic N) is 2. The highest BCUT2D eigenvalue weighted by atomic mass is 19.1. The Morgan fingerprint density at radius 3 is 2.77 bits per heavy atom. The molecule has 4 nitrogen and oxygen atoms in total. The Bertz CT molecular complexity index is 685. The summed E-state index contributed by atoms with van der Waals surface area (Å²) in [7, 11) is 0. The van der Waals surface area contributed by atoms with Gasteiger partial charge in [-0.15, -0.1) is 0 Å². The summed E-state index contributed by atoms with van der Waals surface area (Å²) in [5.74, 6) is -0.413. The third-order valence-corrected chi connectivity index (χ3v) is 5.19. The summed E-state index contributed by atoms with van der Waals surface area (Å²) in [6, 6.07) is 1.92. The maximum Gasteiger partial charge on any atom is 0.352 e. The average Bonchev–Trinajstić information content (AvgIpc) is 2.59. The molecule has 1 aliphatic rings. The van der Waals surface area contributed by atoms with Crippen molar-refractivity contribution in [1.29, 1.82) is 0 Å². The van der Waals surface area contributed by atoms with E-state index in [0.29, 0.717) is 43.7 Å². The molecule has 0 amide bonds. The molecule has 0 spiro atoms. The van der Waals surface area contributed by atoms with Gasteiger partial charge in [-0.05, 0) is 57.1 Å². The summed E-state index contributed by atoms with van der Waals surface area (Å²) in [4.78, 5) is 21.4. The standard InChI is InChI=1S/C21H31FN2O2/c1-6-8-9-18(20(25)26-7-2)24-19-12-16-13-21(22,14(3)4)11-10-17(16)23-15(19)5/h12,14H,6-11,13H2,1-5H3. The van der Waals surface area contributed by atoms with E-state index in [9.17, 15) is 4.79 Å². The van der Waals surface area contributed by atoms with Gasteiger partial charge in [0.25, 0.3) is 0 Å². The number of carbonyl (C=O) groups excluding carboxylic acids is 1. The van der Waals surface area contributed by atoms with Crippen molar-refractivity contribution in [3.05, 3.63) is 23.0 Å². The smallest absolute Gasteiger partial charge is 0.352 e. The molecule has 0 aliphatic heterocycles. The van der Waals surface area contributed by atoms with Gasteiger partial charge >= 0.3 is 5.97 Å². The molecule has 5 heteroatoms.